The second kappa shape index (κ2) is 5.54. The summed E-state index contributed by atoms with van der Waals surface area (Å²) < 4.78 is 13.2. The van der Waals surface area contributed by atoms with E-state index in [4.69, 9.17) is 11.6 Å². The first-order valence-electron chi connectivity index (χ1n) is 6.02. The molecular weight excluding hydrogens is 263 g/mol. The largest absolute Gasteiger partial charge is 0.294 e. The number of ketones is 1. The lowest BCUT2D eigenvalue weighted by Gasteiger charge is -2.08. The van der Waals surface area contributed by atoms with Gasteiger partial charge in [-0.15, -0.1) is 0 Å². The van der Waals surface area contributed by atoms with Crippen LogP contribution in [0.1, 0.15) is 27.0 Å². The first kappa shape index (κ1) is 13.8. The van der Waals surface area contributed by atoms with Gasteiger partial charge in [-0.2, -0.15) is 0 Å². The third-order valence-corrected chi connectivity index (χ3v) is 3.41. The summed E-state index contributed by atoms with van der Waals surface area (Å²) >= 11 is 5.94. The second-order valence-corrected chi connectivity index (χ2v) is 5.06. The minimum Gasteiger partial charge on any atom is -0.294 e. The van der Waals surface area contributed by atoms with Crippen LogP contribution in [0.15, 0.2) is 36.4 Å². The summed E-state index contributed by atoms with van der Waals surface area (Å²) in [5, 5.41) is 0.289. The van der Waals surface area contributed by atoms with E-state index in [0.29, 0.717) is 0 Å². The van der Waals surface area contributed by atoms with E-state index in [0.717, 1.165) is 16.7 Å². The number of hydrogen-bond donors (Lipinski definition) is 0. The molecule has 0 atom stereocenters. The molecule has 2 aromatic rings. The minimum absolute atomic E-state index is 0.168. The number of rotatable bonds is 3. The highest BCUT2D eigenvalue weighted by Gasteiger charge is 2.13. The van der Waals surface area contributed by atoms with E-state index in [1.807, 2.05) is 32.0 Å². The van der Waals surface area contributed by atoms with Gasteiger partial charge >= 0.3 is 0 Å². The number of benzene rings is 2. The maximum absolute atomic E-state index is 13.2. The van der Waals surface area contributed by atoms with Crippen molar-refractivity contribution in [2.24, 2.45) is 0 Å². The van der Waals surface area contributed by atoms with Crippen LogP contribution < -0.4 is 0 Å². The number of aryl methyl sites for hydroxylation is 2. The molecular formula is C16H14ClFO. The molecule has 0 N–H and O–H groups in total. The molecule has 0 bridgehead atoms. The molecule has 0 heterocycles. The lowest BCUT2D eigenvalue weighted by molar-refractivity contribution is 0.0992. The summed E-state index contributed by atoms with van der Waals surface area (Å²) in [5.41, 5.74) is 3.33. The second-order valence-electron chi connectivity index (χ2n) is 4.65. The van der Waals surface area contributed by atoms with Crippen LogP contribution >= 0.6 is 11.6 Å². The van der Waals surface area contributed by atoms with Gasteiger partial charge in [0.1, 0.15) is 5.82 Å². The van der Waals surface area contributed by atoms with Gasteiger partial charge < -0.3 is 0 Å². The molecule has 0 aliphatic carbocycles. The normalized spacial score (nSPS) is 10.5. The Hall–Kier alpha value is -1.67. The van der Waals surface area contributed by atoms with Gasteiger partial charge in [-0.3, -0.25) is 4.79 Å². The van der Waals surface area contributed by atoms with Crippen molar-refractivity contribution in [3.63, 3.8) is 0 Å². The van der Waals surface area contributed by atoms with Gasteiger partial charge in [-0.05, 0) is 43.2 Å². The topological polar surface area (TPSA) is 17.1 Å². The quantitative estimate of drug-likeness (QED) is 0.753. The average Bonchev–Trinajstić information content (AvgIpc) is 2.36. The molecule has 3 heteroatoms. The van der Waals surface area contributed by atoms with Crippen molar-refractivity contribution in [2.45, 2.75) is 20.3 Å². The van der Waals surface area contributed by atoms with Gasteiger partial charge in [0.25, 0.3) is 0 Å². The maximum Gasteiger partial charge on any atom is 0.168 e. The molecule has 2 aromatic carbocycles. The highest BCUT2D eigenvalue weighted by Crippen LogP contribution is 2.20. The van der Waals surface area contributed by atoms with Crippen molar-refractivity contribution in [1.82, 2.24) is 0 Å². The van der Waals surface area contributed by atoms with Gasteiger partial charge in [0.05, 0.1) is 5.02 Å². The molecule has 1 nitrogen and oxygen atoms in total. The molecule has 0 aromatic heterocycles. The Bertz CT molecular complexity index is 635. The van der Waals surface area contributed by atoms with Crippen molar-refractivity contribution in [3.8, 4) is 0 Å². The van der Waals surface area contributed by atoms with Crippen LogP contribution in [0, 0.1) is 19.7 Å². The van der Waals surface area contributed by atoms with Crippen molar-refractivity contribution >= 4 is 17.4 Å². The van der Waals surface area contributed by atoms with Crippen LogP contribution in [-0.2, 0) is 6.42 Å². The van der Waals surface area contributed by atoms with Crippen LogP contribution in [0.5, 0.6) is 0 Å². The van der Waals surface area contributed by atoms with Gasteiger partial charge in [-0.25, -0.2) is 4.39 Å². The van der Waals surface area contributed by atoms with Gasteiger partial charge in [0, 0.05) is 12.0 Å². The summed E-state index contributed by atoms with van der Waals surface area (Å²) in [5.74, 6) is -0.619. The molecule has 19 heavy (non-hydrogen) atoms. The molecule has 0 fully saturated rings. The maximum atomic E-state index is 13.2. The molecule has 0 aliphatic heterocycles. The molecule has 0 unspecified atom stereocenters. The molecule has 0 amide bonds. The zero-order valence-corrected chi connectivity index (χ0v) is 11.6. The zero-order valence-electron chi connectivity index (χ0n) is 10.8. The predicted octanol–water partition coefficient (Wildman–Crippen LogP) is 4.52. The Morgan fingerprint density at radius 2 is 1.89 bits per heavy atom. The van der Waals surface area contributed by atoms with Gasteiger partial charge in [0.15, 0.2) is 5.78 Å². The lowest BCUT2D eigenvalue weighted by Crippen LogP contribution is -2.06. The standard InChI is InChI=1S/C16H14ClFO/c1-10-3-4-11(2)12(7-10)8-16(19)14-9-13(18)5-6-15(14)17/h3-7,9H,8H2,1-2H3. The number of hydrogen-bond acceptors (Lipinski definition) is 1. The first-order chi connectivity index (χ1) is 8.97. The van der Waals surface area contributed by atoms with Crippen LogP contribution in [0.25, 0.3) is 0 Å². The third-order valence-electron chi connectivity index (χ3n) is 3.08. The SMILES string of the molecule is Cc1ccc(C)c(CC(=O)c2cc(F)ccc2Cl)c1. The van der Waals surface area contributed by atoms with Crippen molar-refractivity contribution in [1.29, 1.82) is 0 Å². The Kier molecular flexibility index (Phi) is 4.01. The molecule has 0 aliphatic rings. The van der Waals surface area contributed by atoms with Crippen molar-refractivity contribution in [3.05, 3.63) is 69.5 Å². The van der Waals surface area contributed by atoms with E-state index in [-0.39, 0.29) is 22.8 Å². The number of carbonyl (C=O) groups excluding carboxylic acids is 1. The first-order valence-corrected chi connectivity index (χ1v) is 6.39. The van der Waals surface area contributed by atoms with E-state index >= 15 is 0 Å². The molecule has 0 spiro atoms. The van der Waals surface area contributed by atoms with E-state index in [2.05, 4.69) is 0 Å². The van der Waals surface area contributed by atoms with Gasteiger partial charge in [-0.1, -0.05) is 35.4 Å². The Morgan fingerprint density at radius 1 is 1.16 bits per heavy atom. The Balaban J connectivity index is 2.30. The van der Waals surface area contributed by atoms with Crippen LogP contribution in [-0.4, -0.2) is 5.78 Å². The minimum atomic E-state index is -0.450. The summed E-state index contributed by atoms with van der Waals surface area (Å²) in [6.07, 6.45) is 0.233. The molecule has 0 saturated carbocycles. The van der Waals surface area contributed by atoms with Crippen molar-refractivity contribution in [2.75, 3.05) is 0 Å². The van der Waals surface area contributed by atoms with E-state index in [1.165, 1.54) is 18.2 Å². The molecule has 2 rings (SSSR count). The molecule has 0 radical (unpaired) electrons. The van der Waals surface area contributed by atoms with E-state index in [1.54, 1.807) is 0 Å². The van der Waals surface area contributed by atoms with Crippen molar-refractivity contribution < 1.29 is 9.18 Å². The summed E-state index contributed by atoms with van der Waals surface area (Å²) in [7, 11) is 0. The summed E-state index contributed by atoms with van der Waals surface area (Å²) in [4.78, 5) is 12.2. The number of carbonyl (C=O) groups is 1. The zero-order chi connectivity index (χ0) is 14.0. The van der Waals surface area contributed by atoms with Gasteiger partial charge in [0.2, 0.25) is 0 Å². The van der Waals surface area contributed by atoms with E-state index < -0.39 is 5.82 Å². The predicted molar refractivity (Wildman–Crippen MR) is 75.4 cm³/mol. The number of Topliss-reactive ketones (excluding diaryl/α,β-unsaturated/α-hetero) is 1. The smallest absolute Gasteiger partial charge is 0.168 e. The fourth-order valence-corrected chi connectivity index (χ4v) is 2.19. The highest BCUT2D eigenvalue weighted by molar-refractivity contribution is 6.34. The average molecular weight is 277 g/mol. The van der Waals surface area contributed by atoms with E-state index in [9.17, 15) is 9.18 Å². The third kappa shape index (κ3) is 3.21. The van der Waals surface area contributed by atoms with Crippen LogP contribution in [0.4, 0.5) is 4.39 Å². The molecule has 98 valence electrons. The Morgan fingerprint density at radius 3 is 2.63 bits per heavy atom. The monoisotopic (exact) mass is 276 g/mol. The fraction of sp³-hybridized carbons (Fsp3) is 0.188. The highest BCUT2D eigenvalue weighted by atomic mass is 35.5. The lowest BCUT2D eigenvalue weighted by atomic mass is 9.98. The summed E-state index contributed by atoms with van der Waals surface area (Å²) in [6.45, 7) is 3.93. The van der Waals surface area contributed by atoms with Crippen LogP contribution in [0.2, 0.25) is 5.02 Å². The number of halogens is 2. The summed E-state index contributed by atoms with van der Waals surface area (Å²) in [6, 6.07) is 9.80. The molecule has 0 saturated heterocycles. The van der Waals surface area contributed by atoms with Crippen LogP contribution in [0.3, 0.4) is 0 Å². The fourth-order valence-electron chi connectivity index (χ4n) is 1.97. The Labute approximate surface area is 117 Å².